The number of nitro groups is 1. The summed E-state index contributed by atoms with van der Waals surface area (Å²) >= 11 is 1.79. The normalized spacial score (nSPS) is 15.4. The lowest BCUT2D eigenvalue weighted by Crippen LogP contribution is -2.30. The molecule has 1 aromatic rings. The third-order valence-electron chi connectivity index (χ3n) is 2.51. The molecule has 0 aliphatic carbocycles. The van der Waals surface area contributed by atoms with Gasteiger partial charge in [-0.3, -0.25) is 16.0 Å². The minimum absolute atomic E-state index is 0.00627. The number of hydrogen-bond donors (Lipinski definition) is 2. The summed E-state index contributed by atoms with van der Waals surface area (Å²) in [7, 11) is 0. The molecular formula is C10H13N3O3S. The SMILES string of the molecule is NNc1cc(CSC2COC2)ccc1[N+](=O)[O-]. The number of nitro benzene ring substituents is 1. The Morgan fingerprint density at radius 2 is 2.35 bits per heavy atom. The highest BCUT2D eigenvalue weighted by atomic mass is 32.2. The molecule has 92 valence electrons. The monoisotopic (exact) mass is 255 g/mol. The molecule has 0 unspecified atom stereocenters. The van der Waals surface area contributed by atoms with Crippen molar-refractivity contribution in [2.45, 2.75) is 11.0 Å². The van der Waals surface area contributed by atoms with Crippen LogP contribution in [0.25, 0.3) is 0 Å². The highest BCUT2D eigenvalue weighted by Gasteiger charge is 2.19. The lowest BCUT2D eigenvalue weighted by Gasteiger charge is -2.25. The van der Waals surface area contributed by atoms with E-state index in [1.165, 1.54) is 6.07 Å². The van der Waals surface area contributed by atoms with Gasteiger partial charge in [0.05, 0.1) is 23.4 Å². The van der Waals surface area contributed by atoms with Crippen molar-refractivity contribution in [2.75, 3.05) is 18.6 Å². The Balaban J connectivity index is 2.04. The molecule has 0 bridgehead atoms. The Labute approximate surface area is 103 Å². The zero-order valence-electron chi connectivity index (χ0n) is 9.09. The Kier molecular flexibility index (Phi) is 3.82. The Morgan fingerprint density at radius 1 is 1.59 bits per heavy atom. The summed E-state index contributed by atoms with van der Waals surface area (Å²) < 4.78 is 5.08. The van der Waals surface area contributed by atoms with Crippen LogP contribution in [0.3, 0.4) is 0 Å². The molecule has 0 saturated carbocycles. The molecule has 6 nitrogen and oxygen atoms in total. The van der Waals surface area contributed by atoms with Crippen molar-refractivity contribution in [3.63, 3.8) is 0 Å². The number of nitrogens with two attached hydrogens (primary N) is 1. The Bertz CT molecular complexity index is 423. The lowest BCUT2D eigenvalue weighted by molar-refractivity contribution is -0.384. The Hall–Kier alpha value is -1.31. The topological polar surface area (TPSA) is 90.4 Å². The molecule has 7 heteroatoms. The van der Waals surface area contributed by atoms with E-state index in [2.05, 4.69) is 5.43 Å². The molecule has 1 aliphatic rings. The summed E-state index contributed by atoms with van der Waals surface area (Å²) in [5.74, 6) is 6.08. The maximum absolute atomic E-state index is 10.7. The molecule has 1 aromatic carbocycles. The molecule has 1 fully saturated rings. The number of thioether (sulfide) groups is 1. The fourth-order valence-corrected chi connectivity index (χ4v) is 2.46. The molecule has 0 amide bonds. The van der Waals surface area contributed by atoms with Crippen LogP contribution in [-0.4, -0.2) is 23.4 Å². The molecule has 0 aromatic heterocycles. The maximum atomic E-state index is 10.7. The van der Waals surface area contributed by atoms with Gasteiger partial charge in [-0.15, -0.1) is 11.8 Å². The van der Waals surface area contributed by atoms with Gasteiger partial charge < -0.3 is 10.2 Å². The number of nitrogen functional groups attached to an aromatic ring is 1. The second-order valence-corrected chi connectivity index (χ2v) is 5.01. The Morgan fingerprint density at radius 3 is 2.88 bits per heavy atom. The molecule has 1 saturated heterocycles. The fourth-order valence-electron chi connectivity index (χ4n) is 1.47. The van der Waals surface area contributed by atoms with Gasteiger partial charge in [-0.1, -0.05) is 6.07 Å². The van der Waals surface area contributed by atoms with E-state index in [0.29, 0.717) is 10.9 Å². The van der Waals surface area contributed by atoms with Crippen molar-refractivity contribution in [1.82, 2.24) is 0 Å². The molecule has 0 radical (unpaired) electrons. The van der Waals surface area contributed by atoms with Crippen LogP contribution in [0.4, 0.5) is 11.4 Å². The number of rotatable bonds is 5. The largest absolute Gasteiger partial charge is 0.379 e. The predicted octanol–water partition coefficient (Wildman–Crippen LogP) is 1.51. The first-order valence-corrected chi connectivity index (χ1v) is 6.19. The van der Waals surface area contributed by atoms with E-state index >= 15 is 0 Å². The van der Waals surface area contributed by atoms with Crippen LogP contribution < -0.4 is 11.3 Å². The van der Waals surface area contributed by atoms with Crippen molar-refractivity contribution in [3.8, 4) is 0 Å². The molecule has 0 spiro atoms. The van der Waals surface area contributed by atoms with Crippen molar-refractivity contribution in [1.29, 1.82) is 0 Å². The second kappa shape index (κ2) is 5.35. The van der Waals surface area contributed by atoms with Crippen LogP contribution in [0.2, 0.25) is 0 Å². The van der Waals surface area contributed by atoms with Gasteiger partial charge >= 0.3 is 0 Å². The zero-order valence-corrected chi connectivity index (χ0v) is 9.90. The average Bonchev–Trinajstić information content (AvgIpc) is 2.26. The smallest absolute Gasteiger partial charge is 0.293 e. The van der Waals surface area contributed by atoms with Crippen molar-refractivity contribution < 1.29 is 9.66 Å². The van der Waals surface area contributed by atoms with E-state index < -0.39 is 4.92 Å². The number of nitrogens with one attached hydrogen (secondary N) is 1. The van der Waals surface area contributed by atoms with Gasteiger partial charge in [0.25, 0.3) is 5.69 Å². The van der Waals surface area contributed by atoms with E-state index in [0.717, 1.165) is 24.5 Å². The summed E-state index contributed by atoms with van der Waals surface area (Å²) in [5.41, 5.74) is 3.71. The minimum Gasteiger partial charge on any atom is -0.379 e. The van der Waals surface area contributed by atoms with E-state index in [9.17, 15) is 10.1 Å². The van der Waals surface area contributed by atoms with Crippen LogP contribution in [0, 0.1) is 10.1 Å². The summed E-state index contributed by atoms with van der Waals surface area (Å²) in [6.07, 6.45) is 0. The molecule has 2 rings (SSSR count). The molecule has 1 aliphatic heterocycles. The van der Waals surface area contributed by atoms with Gasteiger partial charge in [0.1, 0.15) is 5.69 Å². The van der Waals surface area contributed by atoms with Gasteiger partial charge in [-0.05, 0) is 11.6 Å². The average molecular weight is 255 g/mol. The number of hydrogen-bond acceptors (Lipinski definition) is 6. The predicted molar refractivity (Wildman–Crippen MR) is 66.8 cm³/mol. The van der Waals surface area contributed by atoms with Crippen LogP contribution in [0.1, 0.15) is 5.56 Å². The van der Waals surface area contributed by atoms with Crippen molar-refractivity contribution in [2.24, 2.45) is 5.84 Å². The maximum Gasteiger partial charge on any atom is 0.293 e. The van der Waals surface area contributed by atoms with Gasteiger partial charge in [-0.25, -0.2) is 0 Å². The summed E-state index contributed by atoms with van der Waals surface area (Å²) in [5, 5.41) is 11.2. The standard InChI is InChI=1S/C10H13N3O3S/c11-12-9-3-7(1-2-10(9)13(14)15)6-17-8-4-16-5-8/h1-3,8,12H,4-6,11H2. The number of anilines is 1. The molecule has 17 heavy (non-hydrogen) atoms. The first-order chi connectivity index (χ1) is 8.20. The first kappa shape index (κ1) is 12.2. The lowest BCUT2D eigenvalue weighted by atomic mass is 10.2. The van der Waals surface area contributed by atoms with Gasteiger partial charge in [-0.2, -0.15) is 0 Å². The highest BCUT2D eigenvalue weighted by Crippen LogP contribution is 2.28. The van der Waals surface area contributed by atoms with E-state index in [1.807, 2.05) is 0 Å². The van der Waals surface area contributed by atoms with Crippen LogP contribution in [0.15, 0.2) is 18.2 Å². The minimum atomic E-state index is -0.452. The van der Waals surface area contributed by atoms with Crippen LogP contribution in [-0.2, 0) is 10.5 Å². The molecular weight excluding hydrogens is 242 g/mol. The van der Waals surface area contributed by atoms with Crippen LogP contribution in [0.5, 0.6) is 0 Å². The number of benzene rings is 1. The third-order valence-corrected chi connectivity index (χ3v) is 3.75. The van der Waals surface area contributed by atoms with Crippen molar-refractivity contribution >= 4 is 23.1 Å². The van der Waals surface area contributed by atoms with Crippen molar-refractivity contribution in [3.05, 3.63) is 33.9 Å². The van der Waals surface area contributed by atoms with Crippen LogP contribution >= 0.6 is 11.8 Å². The quantitative estimate of drug-likeness (QED) is 0.471. The highest BCUT2D eigenvalue weighted by molar-refractivity contribution is 7.99. The zero-order chi connectivity index (χ0) is 12.3. The van der Waals surface area contributed by atoms with Gasteiger partial charge in [0.15, 0.2) is 0 Å². The molecule has 3 N–H and O–H groups in total. The van der Waals surface area contributed by atoms with Gasteiger partial charge in [0, 0.05) is 11.8 Å². The third kappa shape index (κ3) is 2.87. The fraction of sp³-hybridized carbons (Fsp3) is 0.400. The summed E-state index contributed by atoms with van der Waals surface area (Å²) in [6.45, 7) is 1.58. The first-order valence-electron chi connectivity index (χ1n) is 5.14. The van der Waals surface area contributed by atoms with E-state index in [-0.39, 0.29) is 5.69 Å². The second-order valence-electron chi connectivity index (χ2n) is 3.72. The number of ether oxygens (including phenoxy) is 1. The summed E-state index contributed by atoms with van der Waals surface area (Å²) in [4.78, 5) is 10.2. The number of nitrogens with zero attached hydrogens (tertiary/aromatic N) is 1. The number of hydrazine groups is 1. The van der Waals surface area contributed by atoms with Gasteiger partial charge in [0.2, 0.25) is 0 Å². The molecule has 1 heterocycles. The van der Waals surface area contributed by atoms with E-state index in [1.54, 1.807) is 23.9 Å². The molecule has 0 atom stereocenters. The van der Waals surface area contributed by atoms with E-state index in [4.69, 9.17) is 10.6 Å². The summed E-state index contributed by atoms with van der Waals surface area (Å²) in [6, 6.07) is 4.94.